The van der Waals surface area contributed by atoms with Crippen LogP contribution < -0.4 is 10.5 Å². The summed E-state index contributed by atoms with van der Waals surface area (Å²) in [5, 5.41) is 0. The summed E-state index contributed by atoms with van der Waals surface area (Å²) < 4.78 is 19.4. The molecule has 4 heteroatoms. The van der Waals surface area contributed by atoms with Crippen LogP contribution >= 0.6 is 0 Å². The fraction of sp³-hybridized carbons (Fsp3) is 0.0714. The van der Waals surface area contributed by atoms with Crippen LogP contribution in [0.4, 0.5) is 4.39 Å². The van der Waals surface area contributed by atoms with Gasteiger partial charge >= 0.3 is 0 Å². The molecule has 0 aliphatic heterocycles. The van der Waals surface area contributed by atoms with Crippen LogP contribution in [0.15, 0.2) is 42.5 Å². The summed E-state index contributed by atoms with van der Waals surface area (Å²) in [4.78, 5) is 11.1. The van der Waals surface area contributed by atoms with E-state index in [1.165, 1.54) is 19.1 Å². The molecule has 1 amide bonds. The van der Waals surface area contributed by atoms with Gasteiger partial charge in [-0.15, -0.1) is 0 Å². The van der Waals surface area contributed by atoms with Crippen molar-refractivity contribution in [3.8, 4) is 11.5 Å². The van der Waals surface area contributed by atoms with Crippen molar-refractivity contribution < 1.29 is 13.9 Å². The molecule has 2 aromatic carbocycles. The van der Waals surface area contributed by atoms with E-state index in [0.717, 1.165) is 0 Å². The number of carbonyl (C=O) groups excluding carboxylic acids is 1. The second-order valence-electron chi connectivity index (χ2n) is 3.83. The molecule has 0 atom stereocenters. The lowest BCUT2D eigenvalue weighted by atomic mass is 10.1. The monoisotopic (exact) mass is 245 g/mol. The summed E-state index contributed by atoms with van der Waals surface area (Å²) in [5.74, 6) is -0.626. The van der Waals surface area contributed by atoms with Crippen molar-refractivity contribution in [3.63, 3.8) is 0 Å². The molecule has 3 nitrogen and oxygen atoms in total. The highest BCUT2D eigenvalue weighted by Gasteiger charge is 2.14. The predicted molar refractivity (Wildman–Crippen MR) is 66.2 cm³/mol. The normalized spacial score (nSPS) is 10.1. The number of amides is 1. The maximum Gasteiger partial charge on any atom is 0.249 e. The minimum absolute atomic E-state index is 0.0729. The lowest BCUT2D eigenvalue weighted by molar-refractivity contribution is 0.0999. The molecule has 2 N–H and O–H groups in total. The number of carbonyl (C=O) groups is 1. The van der Waals surface area contributed by atoms with Gasteiger partial charge < -0.3 is 10.5 Å². The van der Waals surface area contributed by atoms with Crippen molar-refractivity contribution >= 4 is 5.91 Å². The zero-order valence-electron chi connectivity index (χ0n) is 9.81. The van der Waals surface area contributed by atoms with Crippen molar-refractivity contribution in [2.45, 2.75) is 6.92 Å². The van der Waals surface area contributed by atoms with E-state index >= 15 is 0 Å². The summed E-state index contributed by atoms with van der Waals surface area (Å²) in [6, 6.07) is 11.7. The molecule has 0 spiro atoms. The Hall–Kier alpha value is -2.36. The van der Waals surface area contributed by atoms with E-state index in [-0.39, 0.29) is 16.9 Å². The quantitative estimate of drug-likeness (QED) is 0.903. The summed E-state index contributed by atoms with van der Waals surface area (Å²) in [6.07, 6.45) is 0. The second kappa shape index (κ2) is 4.87. The van der Waals surface area contributed by atoms with Crippen molar-refractivity contribution in [3.05, 3.63) is 59.4 Å². The van der Waals surface area contributed by atoms with Crippen LogP contribution in [0.25, 0.3) is 0 Å². The van der Waals surface area contributed by atoms with E-state index < -0.39 is 11.7 Å². The lowest BCUT2D eigenvalue weighted by Crippen LogP contribution is -2.13. The van der Waals surface area contributed by atoms with Gasteiger partial charge in [-0.25, -0.2) is 4.39 Å². The lowest BCUT2D eigenvalue weighted by Gasteiger charge is -2.10. The Morgan fingerprint density at radius 1 is 1.17 bits per heavy atom. The van der Waals surface area contributed by atoms with Gasteiger partial charge in [0.2, 0.25) is 5.91 Å². The minimum Gasteiger partial charge on any atom is -0.454 e. The van der Waals surface area contributed by atoms with Gasteiger partial charge in [0.25, 0.3) is 0 Å². The first-order valence-electron chi connectivity index (χ1n) is 5.41. The number of para-hydroxylation sites is 1. The molecule has 2 rings (SSSR count). The second-order valence-corrected chi connectivity index (χ2v) is 3.83. The highest BCUT2D eigenvalue weighted by molar-refractivity contribution is 5.94. The minimum atomic E-state index is -0.655. The molecule has 0 aromatic heterocycles. The first-order chi connectivity index (χ1) is 8.59. The number of benzene rings is 2. The van der Waals surface area contributed by atoms with Gasteiger partial charge in [-0.1, -0.05) is 18.2 Å². The van der Waals surface area contributed by atoms with Crippen molar-refractivity contribution in [1.29, 1.82) is 0 Å². The van der Waals surface area contributed by atoms with E-state index in [4.69, 9.17) is 10.5 Å². The van der Waals surface area contributed by atoms with E-state index in [9.17, 15) is 9.18 Å². The summed E-state index contributed by atoms with van der Waals surface area (Å²) in [6.45, 7) is 1.49. The number of rotatable bonds is 3. The summed E-state index contributed by atoms with van der Waals surface area (Å²) in [5.41, 5.74) is 5.49. The summed E-state index contributed by atoms with van der Waals surface area (Å²) >= 11 is 0. The smallest absolute Gasteiger partial charge is 0.249 e. The van der Waals surface area contributed by atoms with Gasteiger partial charge in [-0.05, 0) is 31.2 Å². The molecule has 0 aliphatic rings. The Morgan fingerprint density at radius 3 is 2.44 bits per heavy atom. The maximum atomic E-state index is 14.0. The predicted octanol–water partition coefficient (Wildman–Crippen LogP) is 3.03. The third kappa shape index (κ3) is 2.32. The van der Waals surface area contributed by atoms with Crippen LogP contribution in [0.5, 0.6) is 11.5 Å². The van der Waals surface area contributed by atoms with Crippen molar-refractivity contribution in [2.24, 2.45) is 5.73 Å². The average molecular weight is 245 g/mol. The Bertz CT molecular complexity index is 582. The average Bonchev–Trinajstić information content (AvgIpc) is 2.36. The van der Waals surface area contributed by atoms with Gasteiger partial charge in [0, 0.05) is 11.1 Å². The SMILES string of the molecule is Cc1c(C(N)=O)ccc(Oc2ccccc2)c1F. The third-order valence-electron chi connectivity index (χ3n) is 2.59. The van der Waals surface area contributed by atoms with Crippen molar-refractivity contribution in [1.82, 2.24) is 0 Å². The van der Waals surface area contributed by atoms with Gasteiger partial charge in [-0.2, -0.15) is 0 Å². The highest BCUT2D eigenvalue weighted by Crippen LogP contribution is 2.27. The number of ether oxygens (including phenoxy) is 1. The molecule has 0 fully saturated rings. The molecular weight excluding hydrogens is 233 g/mol. The number of primary amides is 1. The van der Waals surface area contributed by atoms with E-state index in [1.807, 2.05) is 6.07 Å². The zero-order valence-corrected chi connectivity index (χ0v) is 9.81. The van der Waals surface area contributed by atoms with Crippen LogP contribution in [0.2, 0.25) is 0 Å². The molecule has 0 radical (unpaired) electrons. The molecule has 0 saturated carbocycles. The largest absolute Gasteiger partial charge is 0.454 e. The molecule has 0 heterocycles. The fourth-order valence-corrected chi connectivity index (χ4v) is 1.62. The molecule has 2 aromatic rings. The van der Waals surface area contributed by atoms with Crippen LogP contribution in [-0.4, -0.2) is 5.91 Å². The van der Waals surface area contributed by atoms with Crippen LogP contribution in [0.3, 0.4) is 0 Å². The van der Waals surface area contributed by atoms with Crippen LogP contribution in [0.1, 0.15) is 15.9 Å². The van der Waals surface area contributed by atoms with Gasteiger partial charge in [-0.3, -0.25) is 4.79 Å². The zero-order chi connectivity index (χ0) is 13.1. The molecule has 92 valence electrons. The first-order valence-corrected chi connectivity index (χ1v) is 5.41. The maximum absolute atomic E-state index is 14.0. The summed E-state index contributed by atoms with van der Waals surface area (Å²) in [7, 11) is 0. The van der Waals surface area contributed by atoms with Gasteiger partial charge in [0.05, 0.1) is 0 Å². The Labute approximate surface area is 104 Å². The molecule has 0 saturated heterocycles. The molecule has 0 unspecified atom stereocenters. The van der Waals surface area contributed by atoms with Crippen LogP contribution in [-0.2, 0) is 0 Å². The Morgan fingerprint density at radius 2 is 1.83 bits per heavy atom. The van der Waals surface area contributed by atoms with Crippen molar-refractivity contribution in [2.75, 3.05) is 0 Å². The third-order valence-corrected chi connectivity index (χ3v) is 2.59. The van der Waals surface area contributed by atoms with Gasteiger partial charge in [0.15, 0.2) is 11.6 Å². The Balaban J connectivity index is 2.36. The van der Waals surface area contributed by atoms with E-state index in [2.05, 4.69) is 0 Å². The topological polar surface area (TPSA) is 52.3 Å². The number of hydrogen-bond donors (Lipinski definition) is 1. The first kappa shape index (κ1) is 12.1. The molecule has 0 aliphatic carbocycles. The highest BCUT2D eigenvalue weighted by atomic mass is 19.1. The molecule has 0 bridgehead atoms. The van der Waals surface area contributed by atoms with Gasteiger partial charge in [0.1, 0.15) is 5.75 Å². The standard InChI is InChI=1S/C14H12FNO2/c1-9-11(14(16)17)7-8-12(13(9)15)18-10-5-3-2-4-6-10/h2-8H,1H3,(H2,16,17). The number of hydrogen-bond acceptors (Lipinski definition) is 2. The molecular formula is C14H12FNO2. The Kier molecular flexibility index (Phi) is 3.28. The fourth-order valence-electron chi connectivity index (χ4n) is 1.62. The molecule has 18 heavy (non-hydrogen) atoms. The van der Waals surface area contributed by atoms with Crippen LogP contribution in [0, 0.1) is 12.7 Å². The van der Waals surface area contributed by atoms with E-state index in [0.29, 0.717) is 5.75 Å². The number of halogens is 1. The van der Waals surface area contributed by atoms with E-state index in [1.54, 1.807) is 24.3 Å². The number of nitrogens with two attached hydrogens (primary N) is 1.